The van der Waals surface area contributed by atoms with Crippen molar-refractivity contribution in [2.45, 2.75) is 27.2 Å². The molecule has 0 aliphatic carbocycles. The Hall–Kier alpha value is -3.15. The van der Waals surface area contributed by atoms with E-state index in [2.05, 4.69) is 10.6 Å². The molecule has 6 heteroatoms. The molecule has 0 spiro atoms. The number of carboxylic acids is 1. The number of amides is 2. The number of hydrogen-bond donors (Lipinski definition) is 3. The number of aliphatic carboxylic acids is 1. The van der Waals surface area contributed by atoms with Gasteiger partial charge in [-0.05, 0) is 47.4 Å². The van der Waals surface area contributed by atoms with E-state index in [0.717, 1.165) is 0 Å². The Bertz CT molecular complexity index is 836. The van der Waals surface area contributed by atoms with Gasteiger partial charge in [0.1, 0.15) is 0 Å². The average molecular weight is 368 g/mol. The Balaban J connectivity index is 2.01. The highest BCUT2D eigenvalue weighted by Crippen LogP contribution is 2.14. The van der Waals surface area contributed by atoms with Crippen LogP contribution in [0.4, 0.5) is 5.69 Å². The van der Waals surface area contributed by atoms with E-state index in [1.807, 2.05) is 20.8 Å². The van der Waals surface area contributed by atoms with Gasteiger partial charge in [0.05, 0.1) is 6.42 Å². The Morgan fingerprint density at radius 1 is 0.926 bits per heavy atom. The summed E-state index contributed by atoms with van der Waals surface area (Å²) in [5.41, 5.74) is 2.01. The van der Waals surface area contributed by atoms with Crippen molar-refractivity contribution in [1.82, 2.24) is 5.32 Å². The minimum absolute atomic E-state index is 0.00926. The summed E-state index contributed by atoms with van der Waals surface area (Å²) in [6, 6.07) is 13.1. The molecule has 2 aromatic carbocycles. The molecule has 2 aromatic rings. The Morgan fingerprint density at radius 3 is 2.07 bits per heavy atom. The SMILES string of the molecule is CC(C)(C)CNC(=O)c1ccc(C(=O)Nc2cccc(CC(=O)O)c2)cc1. The second-order valence-corrected chi connectivity index (χ2v) is 7.55. The van der Waals surface area contributed by atoms with Crippen LogP contribution in [0, 0.1) is 5.41 Å². The molecule has 0 bridgehead atoms. The van der Waals surface area contributed by atoms with Crippen molar-refractivity contribution < 1.29 is 19.5 Å². The van der Waals surface area contributed by atoms with Crippen LogP contribution in [0.2, 0.25) is 0 Å². The molecule has 142 valence electrons. The number of carbonyl (C=O) groups is 3. The minimum Gasteiger partial charge on any atom is -0.481 e. The average Bonchev–Trinajstić information content (AvgIpc) is 2.59. The van der Waals surface area contributed by atoms with Crippen molar-refractivity contribution in [3.05, 3.63) is 65.2 Å². The number of hydrogen-bond acceptors (Lipinski definition) is 3. The number of anilines is 1. The third-order valence-electron chi connectivity index (χ3n) is 3.73. The number of nitrogens with one attached hydrogen (secondary N) is 2. The Morgan fingerprint density at radius 2 is 1.52 bits per heavy atom. The summed E-state index contributed by atoms with van der Waals surface area (Å²) in [4.78, 5) is 35.3. The van der Waals surface area contributed by atoms with Gasteiger partial charge in [-0.3, -0.25) is 14.4 Å². The first kappa shape index (κ1) is 20.2. The third kappa shape index (κ3) is 6.58. The second-order valence-electron chi connectivity index (χ2n) is 7.55. The van der Waals surface area contributed by atoms with E-state index in [0.29, 0.717) is 28.9 Å². The smallest absolute Gasteiger partial charge is 0.307 e. The normalized spacial score (nSPS) is 10.9. The molecule has 3 N–H and O–H groups in total. The van der Waals surface area contributed by atoms with Crippen LogP contribution in [-0.4, -0.2) is 29.4 Å². The number of benzene rings is 2. The molecule has 0 radical (unpaired) electrons. The van der Waals surface area contributed by atoms with Crippen LogP contribution in [0.3, 0.4) is 0 Å². The van der Waals surface area contributed by atoms with Crippen molar-refractivity contribution in [3.63, 3.8) is 0 Å². The molecular weight excluding hydrogens is 344 g/mol. The predicted molar refractivity (Wildman–Crippen MR) is 104 cm³/mol. The molecule has 0 aromatic heterocycles. The van der Waals surface area contributed by atoms with Crippen LogP contribution in [0.15, 0.2) is 48.5 Å². The van der Waals surface area contributed by atoms with Crippen molar-refractivity contribution in [3.8, 4) is 0 Å². The topological polar surface area (TPSA) is 95.5 Å². The van der Waals surface area contributed by atoms with E-state index in [9.17, 15) is 14.4 Å². The standard InChI is InChI=1S/C21H24N2O4/c1-21(2,3)13-22-19(26)15-7-9-16(10-8-15)20(27)23-17-6-4-5-14(11-17)12-18(24)25/h4-11H,12-13H2,1-3H3,(H,22,26)(H,23,27)(H,24,25). The van der Waals surface area contributed by atoms with Crippen LogP contribution in [0.1, 0.15) is 47.1 Å². The Labute approximate surface area is 158 Å². The zero-order valence-corrected chi connectivity index (χ0v) is 15.7. The van der Waals surface area contributed by atoms with Gasteiger partial charge in [-0.2, -0.15) is 0 Å². The molecule has 0 unspecified atom stereocenters. The van der Waals surface area contributed by atoms with Gasteiger partial charge in [0.15, 0.2) is 0 Å². The van der Waals surface area contributed by atoms with E-state index < -0.39 is 5.97 Å². The van der Waals surface area contributed by atoms with Crippen LogP contribution < -0.4 is 10.6 Å². The van der Waals surface area contributed by atoms with Crippen molar-refractivity contribution in [2.24, 2.45) is 5.41 Å². The molecular formula is C21H24N2O4. The van der Waals surface area contributed by atoms with Crippen molar-refractivity contribution in [2.75, 3.05) is 11.9 Å². The van der Waals surface area contributed by atoms with Gasteiger partial charge in [-0.15, -0.1) is 0 Å². The third-order valence-corrected chi connectivity index (χ3v) is 3.73. The lowest BCUT2D eigenvalue weighted by molar-refractivity contribution is -0.136. The minimum atomic E-state index is -0.932. The maximum absolute atomic E-state index is 12.4. The van der Waals surface area contributed by atoms with E-state index >= 15 is 0 Å². The highest BCUT2D eigenvalue weighted by molar-refractivity contribution is 6.05. The summed E-state index contributed by atoms with van der Waals surface area (Å²) in [5, 5.41) is 14.4. The monoisotopic (exact) mass is 368 g/mol. The quantitative estimate of drug-likeness (QED) is 0.729. The molecule has 6 nitrogen and oxygen atoms in total. The summed E-state index contributed by atoms with van der Waals surface area (Å²) in [5.74, 6) is -1.44. The van der Waals surface area contributed by atoms with Crippen LogP contribution >= 0.6 is 0 Å². The van der Waals surface area contributed by atoms with E-state index in [-0.39, 0.29) is 23.7 Å². The first-order valence-electron chi connectivity index (χ1n) is 8.64. The zero-order chi connectivity index (χ0) is 20.0. The van der Waals surface area contributed by atoms with Gasteiger partial charge in [0.25, 0.3) is 11.8 Å². The fraction of sp³-hybridized carbons (Fsp3) is 0.286. The Kier molecular flexibility index (Phi) is 6.34. The summed E-state index contributed by atoms with van der Waals surface area (Å²) >= 11 is 0. The lowest BCUT2D eigenvalue weighted by Gasteiger charge is -2.18. The summed E-state index contributed by atoms with van der Waals surface area (Å²) in [6.07, 6.45) is -0.109. The molecule has 0 saturated carbocycles. The summed E-state index contributed by atoms with van der Waals surface area (Å²) < 4.78 is 0. The lowest BCUT2D eigenvalue weighted by Crippen LogP contribution is -2.32. The second kappa shape index (κ2) is 8.49. The van der Waals surface area contributed by atoms with Crippen molar-refractivity contribution >= 4 is 23.5 Å². The number of carboxylic acid groups (broad SMARTS) is 1. The molecule has 0 saturated heterocycles. The zero-order valence-electron chi connectivity index (χ0n) is 15.7. The van der Waals surface area contributed by atoms with E-state index in [1.165, 1.54) is 0 Å². The molecule has 0 aliphatic rings. The van der Waals surface area contributed by atoms with Gasteiger partial charge in [0, 0.05) is 23.4 Å². The van der Waals surface area contributed by atoms with Crippen molar-refractivity contribution in [1.29, 1.82) is 0 Å². The van der Waals surface area contributed by atoms with Crippen LogP contribution in [0.5, 0.6) is 0 Å². The molecule has 2 rings (SSSR count). The van der Waals surface area contributed by atoms with Gasteiger partial charge < -0.3 is 15.7 Å². The summed E-state index contributed by atoms with van der Waals surface area (Å²) in [6.45, 7) is 6.66. The predicted octanol–water partition coefficient (Wildman–Crippen LogP) is 3.34. The number of carbonyl (C=O) groups excluding carboxylic acids is 2. The highest BCUT2D eigenvalue weighted by atomic mass is 16.4. The van der Waals surface area contributed by atoms with Gasteiger partial charge in [-0.1, -0.05) is 32.9 Å². The molecule has 0 heterocycles. The van der Waals surface area contributed by atoms with Crippen LogP contribution in [0.25, 0.3) is 0 Å². The maximum Gasteiger partial charge on any atom is 0.307 e. The van der Waals surface area contributed by atoms with Gasteiger partial charge in [-0.25, -0.2) is 0 Å². The lowest BCUT2D eigenvalue weighted by atomic mass is 9.97. The highest BCUT2D eigenvalue weighted by Gasteiger charge is 2.14. The van der Waals surface area contributed by atoms with Crippen LogP contribution in [-0.2, 0) is 11.2 Å². The molecule has 0 fully saturated rings. The fourth-order valence-corrected chi connectivity index (χ4v) is 2.36. The molecule has 0 aliphatic heterocycles. The van der Waals surface area contributed by atoms with E-state index in [4.69, 9.17) is 5.11 Å². The first-order valence-corrected chi connectivity index (χ1v) is 8.64. The first-order chi connectivity index (χ1) is 12.6. The molecule has 27 heavy (non-hydrogen) atoms. The fourth-order valence-electron chi connectivity index (χ4n) is 2.36. The van der Waals surface area contributed by atoms with Gasteiger partial charge >= 0.3 is 5.97 Å². The van der Waals surface area contributed by atoms with Gasteiger partial charge in [0.2, 0.25) is 0 Å². The molecule has 0 atom stereocenters. The molecule has 2 amide bonds. The number of rotatable bonds is 6. The maximum atomic E-state index is 12.4. The summed E-state index contributed by atoms with van der Waals surface area (Å²) in [7, 11) is 0. The van der Waals surface area contributed by atoms with E-state index in [1.54, 1.807) is 48.5 Å². The largest absolute Gasteiger partial charge is 0.481 e.